The number of methoxy groups -OCH3 is 2. The molecule has 132 valence electrons. The van der Waals surface area contributed by atoms with Crippen LogP contribution in [0.1, 0.15) is 44.2 Å². The van der Waals surface area contributed by atoms with Gasteiger partial charge in [-0.25, -0.2) is 0 Å². The van der Waals surface area contributed by atoms with Crippen molar-refractivity contribution in [3.8, 4) is 0 Å². The van der Waals surface area contributed by atoms with Gasteiger partial charge in [0, 0.05) is 39.7 Å². The van der Waals surface area contributed by atoms with Crippen LogP contribution in [0.3, 0.4) is 0 Å². The molecule has 1 aliphatic heterocycles. The number of hydrogen-bond donors (Lipinski definition) is 0. The van der Waals surface area contributed by atoms with Crippen LogP contribution in [0.2, 0.25) is 13.6 Å². The standard InChI is InChI=1S/C16H30B2N4O2/c1-11(17-4)22-12-8-9-21(16(2,3)18-5)10-13(23-6)15(24-7)14(12)19-20-22/h11,13,15H,8-10H2,1-7H3. The molecule has 1 aromatic heterocycles. The molecule has 24 heavy (non-hydrogen) atoms. The lowest BCUT2D eigenvalue weighted by atomic mass is 9.61. The fourth-order valence-corrected chi connectivity index (χ4v) is 3.25. The maximum Gasteiger partial charge on any atom is 0.139 e. The van der Waals surface area contributed by atoms with Crippen molar-refractivity contribution in [1.82, 2.24) is 19.9 Å². The Morgan fingerprint density at radius 2 is 1.96 bits per heavy atom. The van der Waals surface area contributed by atoms with Gasteiger partial charge in [0.1, 0.15) is 32.5 Å². The van der Waals surface area contributed by atoms with Gasteiger partial charge in [0.15, 0.2) is 0 Å². The van der Waals surface area contributed by atoms with Gasteiger partial charge in [0.05, 0.1) is 5.69 Å². The van der Waals surface area contributed by atoms with Crippen molar-refractivity contribution in [2.24, 2.45) is 0 Å². The number of fused-ring (bicyclic) bond motifs is 1. The Hall–Kier alpha value is -0.850. The van der Waals surface area contributed by atoms with E-state index in [9.17, 15) is 0 Å². The van der Waals surface area contributed by atoms with Gasteiger partial charge in [0.2, 0.25) is 0 Å². The molecule has 0 saturated carbocycles. The van der Waals surface area contributed by atoms with Gasteiger partial charge < -0.3 is 14.4 Å². The summed E-state index contributed by atoms with van der Waals surface area (Å²) in [5.74, 6) is 0.207. The Labute approximate surface area is 147 Å². The van der Waals surface area contributed by atoms with Gasteiger partial charge in [0.25, 0.3) is 0 Å². The van der Waals surface area contributed by atoms with Crippen LogP contribution in [-0.2, 0) is 15.9 Å². The number of hydrogen-bond acceptors (Lipinski definition) is 5. The molecule has 2 radical (unpaired) electrons. The Morgan fingerprint density at radius 3 is 2.50 bits per heavy atom. The van der Waals surface area contributed by atoms with E-state index < -0.39 is 0 Å². The third kappa shape index (κ3) is 3.70. The topological polar surface area (TPSA) is 52.4 Å². The quantitative estimate of drug-likeness (QED) is 0.741. The summed E-state index contributed by atoms with van der Waals surface area (Å²) in [7, 11) is 7.83. The van der Waals surface area contributed by atoms with Crippen LogP contribution in [0.15, 0.2) is 0 Å². The lowest BCUT2D eigenvalue weighted by Crippen LogP contribution is -2.53. The molecule has 0 aliphatic carbocycles. The minimum Gasteiger partial charge on any atom is -0.377 e. The second-order valence-corrected chi connectivity index (χ2v) is 7.01. The summed E-state index contributed by atoms with van der Waals surface area (Å²) in [6.07, 6.45) is 0.603. The molecule has 0 N–H and O–H groups in total. The molecule has 0 amide bonds. The van der Waals surface area contributed by atoms with Gasteiger partial charge in [-0.05, 0) is 5.44 Å². The molecule has 6 nitrogen and oxygen atoms in total. The predicted octanol–water partition coefficient (Wildman–Crippen LogP) is 1.60. The molecule has 0 aromatic carbocycles. The molecule has 1 aliphatic rings. The largest absolute Gasteiger partial charge is 0.377 e. The SMILES string of the molecule is C[B]C(C)n1nnc2c1CCN(C(C)(C)[B]C)CC(OC)C2OC. The van der Waals surface area contributed by atoms with Crippen LogP contribution in [0.5, 0.6) is 0 Å². The molecule has 1 aromatic rings. The lowest BCUT2D eigenvalue weighted by Gasteiger charge is -2.42. The number of rotatable bonds is 6. The van der Waals surface area contributed by atoms with Crippen molar-refractivity contribution in [3.63, 3.8) is 0 Å². The Morgan fingerprint density at radius 1 is 1.25 bits per heavy atom. The molecule has 0 bridgehead atoms. The molecular weight excluding hydrogens is 302 g/mol. The molecule has 3 atom stereocenters. The average Bonchev–Trinajstić information content (AvgIpc) is 2.97. The number of aromatic nitrogens is 3. The minimum absolute atomic E-state index is 0.00660. The van der Waals surface area contributed by atoms with Gasteiger partial charge in [-0.3, -0.25) is 4.68 Å². The van der Waals surface area contributed by atoms with Crippen LogP contribution in [-0.4, -0.2) is 73.3 Å². The highest BCUT2D eigenvalue weighted by atomic mass is 16.5. The second kappa shape index (κ2) is 8.02. The van der Waals surface area contributed by atoms with E-state index in [0.717, 1.165) is 30.9 Å². The smallest absolute Gasteiger partial charge is 0.139 e. The first kappa shape index (κ1) is 19.5. The van der Waals surface area contributed by atoms with Gasteiger partial charge in [-0.1, -0.05) is 39.6 Å². The fourth-order valence-electron chi connectivity index (χ4n) is 3.25. The summed E-state index contributed by atoms with van der Waals surface area (Å²) in [6.45, 7) is 12.5. The molecule has 3 unspecified atom stereocenters. The minimum atomic E-state index is -0.210. The highest BCUT2D eigenvalue weighted by molar-refractivity contribution is 6.38. The molecule has 0 spiro atoms. The average molecular weight is 332 g/mol. The second-order valence-electron chi connectivity index (χ2n) is 7.01. The highest BCUT2D eigenvalue weighted by Gasteiger charge is 2.37. The van der Waals surface area contributed by atoms with Crippen molar-refractivity contribution in [1.29, 1.82) is 0 Å². The van der Waals surface area contributed by atoms with Crippen LogP contribution in [0.4, 0.5) is 0 Å². The zero-order valence-corrected chi connectivity index (χ0v) is 16.1. The van der Waals surface area contributed by atoms with E-state index in [2.05, 4.69) is 64.2 Å². The van der Waals surface area contributed by atoms with E-state index in [0.29, 0.717) is 0 Å². The Balaban J connectivity index is 2.44. The monoisotopic (exact) mass is 332 g/mol. The zero-order valence-electron chi connectivity index (χ0n) is 16.1. The van der Waals surface area contributed by atoms with E-state index in [1.165, 1.54) is 0 Å². The zero-order chi connectivity index (χ0) is 17.9. The predicted molar refractivity (Wildman–Crippen MR) is 97.9 cm³/mol. The maximum atomic E-state index is 5.79. The summed E-state index contributed by atoms with van der Waals surface area (Å²) in [6, 6.07) is 0. The van der Waals surface area contributed by atoms with E-state index in [1.807, 2.05) is 4.68 Å². The van der Waals surface area contributed by atoms with Crippen molar-refractivity contribution in [2.75, 3.05) is 27.3 Å². The van der Waals surface area contributed by atoms with Crippen LogP contribution < -0.4 is 0 Å². The van der Waals surface area contributed by atoms with Crippen molar-refractivity contribution < 1.29 is 9.47 Å². The normalized spacial score (nSPS) is 24.0. The summed E-state index contributed by atoms with van der Waals surface area (Å²) in [5.41, 5.74) is 2.05. The summed E-state index contributed by atoms with van der Waals surface area (Å²) >= 11 is 0. The molecule has 2 rings (SSSR count). The first-order chi connectivity index (χ1) is 11.4. The molecule has 0 fully saturated rings. The van der Waals surface area contributed by atoms with Crippen molar-refractivity contribution >= 4 is 14.6 Å². The van der Waals surface area contributed by atoms with Gasteiger partial charge in [-0.15, -0.1) is 5.10 Å². The molecular formula is C16H30B2N4O2. The fraction of sp³-hybridized carbons (Fsp3) is 0.875. The summed E-state index contributed by atoms with van der Waals surface area (Å²) in [4.78, 5) is 2.45. The highest BCUT2D eigenvalue weighted by Crippen LogP contribution is 2.30. The lowest BCUT2D eigenvalue weighted by molar-refractivity contribution is -0.0635. The van der Waals surface area contributed by atoms with Crippen molar-refractivity contribution in [3.05, 3.63) is 11.4 Å². The van der Waals surface area contributed by atoms with Crippen LogP contribution >= 0.6 is 0 Å². The Kier molecular flexibility index (Phi) is 6.51. The van der Waals surface area contributed by atoms with E-state index in [4.69, 9.17) is 9.47 Å². The van der Waals surface area contributed by atoms with Gasteiger partial charge in [-0.2, -0.15) is 0 Å². The first-order valence-electron chi connectivity index (χ1n) is 8.74. The third-order valence-electron chi connectivity index (χ3n) is 5.39. The first-order valence-corrected chi connectivity index (χ1v) is 8.74. The van der Waals surface area contributed by atoms with Crippen LogP contribution in [0.25, 0.3) is 0 Å². The maximum absolute atomic E-state index is 5.79. The number of nitrogens with zero attached hydrogens (tertiary/aromatic N) is 4. The Bertz CT molecular complexity index is 538. The molecule has 2 heterocycles. The molecule has 0 saturated heterocycles. The number of ether oxygens (including phenoxy) is 2. The molecule has 8 heteroatoms. The van der Waals surface area contributed by atoms with E-state index >= 15 is 0 Å². The van der Waals surface area contributed by atoms with Crippen LogP contribution in [0, 0.1) is 0 Å². The van der Waals surface area contributed by atoms with E-state index in [-0.39, 0.29) is 23.6 Å². The summed E-state index contributed by atoms with van der Waals surface area (Å²) in [5, 5.41) is 8.85. The third-order valence-corrected chi connectivity index (χ3v) is 5.39. The van der Waals surface area contributed by atoms with E-state index in [1.54, 1.807) is 14.2 Å². The summed E-state index contributed by atoms with van der Waals surface area (Å²) < 4.78 is 13.6. The van der Waals surface area contributed by atoms with Crippen molar-refractivity contribution in [2.45, 2.75) is 64.4 Å². The van der Waals surface area contributed by atoms with Gasteiger partial charge >= 0.3 is 0 Å².